The second kappa shape index (κ2) is 9.03. The topological polar surface area (TPSA) is 64.2 Å². The third-order valence-corrected chi connectivity index (χ3v) is 5.83. The second-order valence-corrected chi connectivity index (χ2v) is 8.22. The van der Waals surface area contributed by atoms with E-state index in [4.69, 9.17) is 4.42 Å². The lowest BCUT2D eigenvalue weighted by Crippen LogP contribution is -2.30. The first-order valence-corrected chi connectivity index (χ1v) is 11.1. The summed E-state index contributed by atoms with van der Waals surface area (Å²) in [5.41, 5.74) is 1.73. The van der Waals surface area contributed by atoms with E-state index in [1.165, 1.54) is 0 Å². The molecule has 0 bridgehead atoms. The number of rotatable bonds is 7. The van der Waals surface area contributed by atoms with E-state index in [9.17, 15) is 4.79 Å². The summed E-state index contributed by atoms with van der Waals surface area (Å²) >= 11 is 1.61. The van der Waals surface area contributed by atoms with Crippen molar-refractivity contribution in [2.24, 2.45) is 0 Å². The van der Waals surface area contributed by atoms with Crippen LogP contribution in [0.5, 0.6) is 0 Å². The van der Waals surface area contributed by atoms with Crippen molar-refractivity contribution in [2.75, 3.05) is 0 Å². The van der Waals surface area contributed by atoms with Gasteiger partial charge in [-0.2, -0.15) is 0 Å². The van der Waals surface area contributed by atoms with Gasteiger partial charge >= 0.3 is 0 Å². The van der Waals surface area contributed by atoms with Gasteiger partial charge in [-0.1, -0.05) is 54.6 Å². The van der Waals surface area contributed by atoms with Crippen LogP contribution in [0, 0.1) is 0 Å². The Labute approximate surface area is 189 Å². The van der Waals surface area contributed by atoms with Crippen molar-refractivity contribution in [3.8, 4) is 17.1 Å². The number of carbonyl (C=O) groups is 1. The van der Waals surface area contributed by atoms with Crippen LogP contribution < -0.4 is 0 Å². The first-order chi connectivity index (χ1) is 15.8. The molecule has 0 saturated heterocycles. The zero-order valence-electron chi connectivity index (χ0n) is 17.2. The van der Waals surface area contributed by atoms with Crippen molar-refractivity contribution in [1.82, 2.24) is 19.7 Å². The first-order valence-electron chi connectivity index (χ1n) is 10.2. The smallest absolute Gasteiger partial charge is 0.294 e. The molecule has 32 heavy (non-hydrogen) atoms. The lowest BCUT2D eigenvalue weighted by molar-refractivity contribution is 0.0707. The highest BCUT2D eigenvalue weighted by Crippen LogP contribution is 2.23. The number of furan rings is 1. The van der Waals surface area contributed by atoms with E-state index >= 15 is 0 Å². The van der Waals surface area contributed by atoms with Crippen molar-refractivity contribution in [3.05, 3.63) is 113 Å². The average Bonchev–Trinajstić information content (AvgIpc) is 3.61. The molecule has 3 heterocycles. The maximum Gasteiger partial charge on any atom is 0.294 e. The lowest BCUT2D eigenvalue weighted by Gasteiger charge is -2.19. The summed E-state index contributed by atoms with van der Waals surface area (Å²) in [5.74, 6) is 1.23. The van der Waals surface area contributed by atoms with E-state index in [1.807, 2.05) is 90.3 Å². The molecular weight excluding hydrogens is 420 g/mol. The minimum Gasteiger partial charge on any atom is -0.467 e. The average molecular weight is 441 g/mol. The Bertz CT molecular complexity index is 1190. The van der Waals surface area contributed by atoms with Crippen LogP contribution in [-0.2, 0) is 13.1 Å². The van der Waals surface area contributed by atoms with E-state index in [1.54, 1.807) is 27.2 Å². The van der Waals surface area contributed by atoms with Crippen molar-refractivity contribution in [1.29, 1.82) is 0 Å². The van der Waals surface area contributed by atoms with Crippen molar-refractivity contribution >= 4 is 17.2 Å². The molecule has 0 fully saturated rings. The highest BCUT2D eigenvalue weighted by Gasteiger charge is 2.25. The number of carbonyl (C=O) groups excluding carboxylic acids is 1. The number of nitrogens with zero attached hydrogens (tertiary/aromatic N) is 4. The summed E-state index contributed by atoms with van der Waals surface area (Å²) in [4.78, 5) is 21.0. The quantitative estimate of drug-likeness (QED) is 0.338. The fourth-order valence-electron chi connectivity index (χ4n) is 3.45. The van der Waals surface area contributed by atoms with Gasteiger partial charge in [0.05, 0.1) is 25.0 Å². The number of benzene rings is 2. The molecule has 0 aliphatic carbocycles. The molecule has 3 aromatic heterocycles. The van der Waals surface area contributed by atoms with E-state index in [-0.39, 0.29) is 11.7 Å². The third kappa shape index (κ3) is 4.24. The molecule has 6 nitrogen and oxygen atoms in total. The normalized spacial score (nSPS) is 10.9. The molecule has 0 aliphatic heterocycles. The minimum absolute atomic E-state index is 0.149. The molecule has 0 atom stereocenters. The number of aromatic nitrogens is 3. The molecule has 1 amide bonds. The molecular formula is C25H20N4O2S. The summed E-state index contributed by atoms with van der Waals surface area (Å²) < 4.78 is 7.22. The summed E-state index contributed by atoms with van der Waals surface area (Å²) in [5, 5.41) is 6.62. The number of hydrogen-bond donors (Lipinski definition) is 0. The van der Waals surface area contributed by atoms with Gasteiger partial charge in [0, 0.05) is 10.4 Å². The third-order valence-electron chi connectivity index (χ3n) is 4.97. The van der Waals surface area contributed by atoms with Crippen molar-refractivity contribution < 1.29 is 9.21 Å². The Kier molecular flexibility index (Phi) is 5.63. The van der Waals surface area contributed by atoms with Gasteiger partial charge in [0.25, 0.3) is 5.91 Å². The van der Waals surface area contributed by atoms with Crippen LogP contribution >= 0.6 is 11.3 Å². The number of hydrogen-bond acceptors (Lipinski definition) is 5. The Morgan fingerprint density at radius 1 is 0.906 bits per heavy atom. The number of amides is 1. The highest BCUT2D eigenvalue weighted by atomic mass is 32.1. The van der Waals surface area contributed by atoms with Gasteiger partial charge in [-0.15, -0.1) is 16.4 Å². The van der Waals surface area contributed by atoms with Gasteiger partial charge < -0.3 is 9.32 Å². The first kappa shape index (κ1) is 20.0. The molecule has 5 rings (SSSR count). The van der Waals surface area contributed by atoms with Crippen LogP contribution in [-0.4, -0.2) is 25.6 Å². The zero-order chi connectivity index (χ0) is 21.8. The fourth-order valence-corrected chi connectivity index (χ4v) is 4.17. The highest BCUT2D eigenvalue weighted by molar-refractivity contribution is 7.09. The number of thiophene rings is 1. The molecule has 158 valence electrons. The van der Waals surface area contributed by atoms with Crippen LogP contribution in [0.4, 0.5) is 0 Å². The van der Waals surface area contributed by atoms with Gasteiger partial charge in [0.1, 0.15) is 5.76 Å². The second-order valence-electron chi connectivity index (χ2n) is 7.19. The molecule has 0 aliphatic rings. The van der Waals surface area contributed by atoms with Gasteiger partial charge in [-0.05, 0) is 35.7 Å². The van der Waals surface area contributed by atoms with Crippen LogP contribution in [0.15, 0.2) is 101 Å². The van der Waals surface area contributed by atoms with E-state index in [0.29, 0.717) is 24.7 Å². The van der Waals surface area contributed by atoms with Crippen LogP contribution in [0.2, 0.25) is 0 Å². The summed E-state index contributed by atoms with van der Waals surface area (Å²) in [6.45, 7) is 0.794. The summed E-state index contributed by atoms with van der Waals surface area (Å²) in [6.07, 6.45) is 1.61. The van der Waals surface area contributed by atoms with Gasteiger partial charge in [0.15, 0.2) is 5.82 Å². The largest absolute Gasteiger partial charge is 0.467 e. The maximum atomic E-state index is 13.6. The maximum absolute atomic E-state index is 13.6. The monoisotopic (exact) mass is 440 g/mol. The van der Waals surface area contributed by atoms with E-state index < -0.39 is 0 Å². The fraction of sp³-hybridized carbons (Fsp3) is 0.0800. The minimum atomic E-state index is -0.248. The van der Waals surface area contributed by atoms with Crippen LogP contribution in [0.25, 0.3) is 17.1 Å². The zero-order valence-corrected chi connectivity index (χ0v) is 18.0. The standard InChI is InChI=1S/C25H20N4O2S/c30-25(28(17-21-13-7-15-31-21)18-22-14-8-16-32-22)23-26-24(19-9-3-1-4-10-19)29(27-23)20-11-5-2-6-12-20/h1-16H,17-18H2. The Balaban J connectivity index is 1.54. The summed E-state index contributed by atoms with van der Waals surface area (Å²) in [7, 11) is 0. The predicted molar refractivity (Wildman–Crippen MR) is 123 cm³/mol. The molecule has 0 radical (unpaired) electrons. The Hall–Kier alpha value is -3.97. The van der Waals surface area contributed by atoms with Gasteiger partial charge in [-0.25, -0.2) is 9.67 Å². The molecule has 0 saturated carbocycles. The van der Waals surface area contributed by atoms with Gasteiger partial charge in [-0.3, -0.25) is 4.79 Å². The predicted octanol–water partition coefficient (Wildman–Crippen LogP) is 5.43. The Morgan fingerprint density at radius 2 is 1.69 bits per heavy atom. The van der Waals surface area contributed by atoms with Crippen LogP contribution in [0.1, 0.15) is 21.3 Å². The molecule has 2 aromatic carbocycles. The lowest BCUT2D eigenvalue weighted by atomic mass is 10.2. The van der Waals surface area contributed by atoms with Crippen LogP contribution in [0.3, 0.4) is 0 Å². The number of para-hydroxylation sites is 1. The molecule has 5 aromatic rings. The van der Waals surface area contributed by atoms with E-state index in [0.717, 1.165) is 16.1 Å². The van der Waals surface area contributed by atoms with Crippen molar-refractivity contribution in [2.45, 2.75) is 13.1 Å². The molecule has 0 unspecified atom stereocenters. The summed E-state index contributed by atoms with van der Waals surface area (Å²) in [6, 6.07) is 27.1. The molecule has 0 spiro atoms. The van der Waals surface area contributed by atoms with Gasteiger partial charge in [0.2, 0.25) is 5.82 Å². The SMILES string of the molecule is O=C(c1nc(-c2ccccc2)n(-c2ccccc2)n1)N(Cc1ccco1)Cc1cccs1. The van der Waals surface area contributed by atoms with Crippen molar-refractivity contribution in [3.63, 3.8) is 0 Å². The van der Waals surface area contributed by atoms with E-state index in [2.05, 4.69) is 10.1 Å². The molecule has 0 N–H and O–H groups in total. The molecule has 7 heteroatoms. The Morgan fingerprint density at radius 3 is 2.38 bits per heavy atom.